The van der Waals surface area contributed by atoms with Crippen LogP contribution in [0, 0.1) is 0 Å². The molecule has 0 aliphatic carbocycles. The molecule has 3 amide bonds. The number of aromatic nitrogens is 4. The molecule has 0 radical (unpaired) electrons. The molecule has 0 saturated carbocycles. The Balaban J connectivity index is 1.98. The first-order valence-corrected chi connectivity index (χ1v) is 10.2. The van der Waals surface area contributed by atoms with E-state index in [9.17, 15) is 29.1 Å². The molecule has 0 aliphatic heterocycles. The van der Waals surface area contributed by atoms with Crippen molar-refractivity contribution in [3.63, 3.8) is 0 Å². The quantitative estimate of drug-likeness (QED) is 0.139. The zero-order valence-electron chi connectivity index (χ0n) is 18.0. The number of amides is 3. The van der Waals surface area contributed by atoms with Crippen molar-refractivity contribution in [2.24, 2.45) is 5.73 Å². The normalized spacial score (nSPS) is 13.3. The van der Waals surface area contributed by atoms with Crippen LogP contribution in [0.1, 0.15) is 24.2 Å². The molecule has 0 fully saturated rings. The molecule has 0 bridgehead atoms. The Morgan fingerprint density at radius 1 is 0.912 bits per heavy atom. The third-order valence-corrected chi connectivity index (χ3v) is 4.65. The lowest BCUT2D eigenvalue weighted by Crippen LogP contribution is -2.55. The number of nitrogens with two attached hydrogens (primary N) is 1. The molecule has 9 N–H and O–H groups in total. The highest BCUT2D eigenvalue weighted by Gasteiger charge is 2.28. The molecule has 0 saturated heterocycles. The number of nitrogens with one attached hydrogen (secondary N) is 5. The van der Waals surface area contributed by atoms with E-state index in [2.05, 4.69) is 35.9 Å². The number of nitrogens with zero attached hydrogens (tertiary/aromatic N) is 2. The van der Waals surface area contributed by atoms with Crippen molar-refractivity contribution in [2.45, 2.75) is 43.8 Å². The van der Waals surface area contributed by atoms with Crippen LogP contribution in [0.3, 0.4) is 0 Å². The van der Waals surface area contributed by atoms with Gasteiger partial charge in [-0.05, 0) is 6.42 Å². The van der Waals surface area contributed by atoms with Gasteiger partial charge in [-0.2, -0.15) is 0 Å². The standard InChI is InChI=1S/C19H26N8O7/c20-12(1-2-16(29)30)17(31)23-7-15(28)26-13(3-10-5-21-8-24-10)18(32)27-14(19(33)34)4-11-6-22-9-25-11/h5-6,8-9,12-14H,1-4,7,20H2,(H,21,24)(H,22,25)(H,23,31)(H,26,28)(H,27,32)(H,29,30)(H,33,34). The Hall–Kier alpha value is -4.27. The summed E-state index contributed by atoms with van der Waals surface area (Å²) in [4.78, 5) is 72.5. The van der Waals surface area contributed by atoms with Crippen LogP contribution in [0.4, 0.5) is 0 Å². The lowest BCUT2D eigenvalue weighted by atomic mass is 10.1. The molecule has 3 unspecified atom stereocenters. The van der Waals surface area contributed by atoms with Crippen LogP contribution in [-0.2, 0) is 36.8 Å². The molecule has 184 valence electrons. The molecule has 2 aromatic heterocycles. The van der Waals surface area contributed by atoms with Gasteiger partial charge in [-0.15, -0.1) is 0 Å². The number of carboxylic acids is 2. The highest BCUT2D eigenvalue weighted by Crippen LogP contribution is 2.03. The fraction of sp³-hybridized carbons (Fsp3) is 0.421. The molecule has 0 aromatic carbocycles. The molecule has 3 atom stereocenters. The van der Waals surface area contributed by atoms with Crippen LogP contribution in [0.5, 0.6) is 0 Å². The number of carbonyl (C=O) groups excluding carboxylic acids is 3. The van der Waals surface area contributed by atoms with Crippen molar-refractivity contribution in [2.75, 3.05) is 6.54 Å². The molecule has 0 spiro atoms. The van der Waals surface area contributed by atoms with Gasteiger partial charge in [-0.1, -0.05) is 0 Å². The van der Waals surface area contributed by atoms with Crippen molar-refractivity contribution >= 4 is 29.7 Å². The Labute approximate surface area is 192 Å². The second-order valence-corrected chi connectivity index (χ2v) is 7.34. The molecule has 2 heterocycles. The van der Waals surface area contributed by atoms with E-state index >= 15 is 0 Å². The van der Waals surface area contributed by atoms with Gasteiger partial charge < -0.3 is 41.9 Å². The summed E-state index contributed by atoms with van der Waals surface area (Å²) in [6.45, 7) is -0.525. The maximum absolute atomic E-state index is 12.8. The number of hydrogen-bond donors (Lipinski definition) is 8. The Kier molecular flexibility index (Phi) is 9.70. The van der Waals surface area contributed by atoms with Gasteiger partial charge in [0.25, 0.3) is 0 Å². The number of aromatic amines is 2. The largest absolute Gasteiger partial charge is 0.481 e. The third-order valence-electron chi connectivity index (χ3n) is 4.65. The summed E-state index contributed by atoms with van der Waals surface area (Å²) in [5, 5.41) is 25.2. The molecule has 34 heavy (non-hydrogen) atoms. The number of rotatable bonds is 14. The van der Waals surface area contributed by atoms with Crippen molar-refractivity contribution < 1.29 is 34.2 Å². The fourth-order valence-corrected chi connectivity index (χ4v) is 2.87. The number of carboxylic acid groups (broad SMARTS) is 2. The summed E-state index contributed by atoms with van der Waals surface area (Å²) in [6, 6.07) is -3.60. The van der Waals surface area contributed by atoms with E-state index < -0.39 is 54.3 Å². The number of hydrogen-bond acceptors (Lipinski definition) is 8. The summed E-state index contributed by atoms with van der Waals surface area (Å²) < 4.78 is 0. The minimum Gasteiger partial charge on any atom is -0.481 e. The smallest absolute Gasteiger partial charge is 0.326 e. The summed E-state index contributed by atoms with van der Waals surface area (Å²) in [7, 11) is 0. The molecular formula is C19H26N8O7. The highest BCUT2D eigenvalue weighted by molar-refractivity contribution is 5.92. The third kappa shape index (κ3) is 8.70. The van der Waals surface area contributed by atoms with Crippen LogP contribution in [0.15, 0.2) is 25.0 Å². The molecule has 15 nitrogen and oxygen atoms in total. The van der Waals surface area contributed by atoms with Crippen molar-refractivity contribution in [3.8, 4) is 0 Å². The van der Waals surface area contributed by atoms with E-state index in [4.69, 9.17) is 10.8 Å². The van der Waals surface area contributed by atoms with E-state index in [0.29, 0.717) is 11.4 Å². The monoisotopic (exact) mass is 478 g/mol. The first-order chi connectivity index (χ1) is 16.2. The van der Waals surface area contributed by atoms with Crippen LogP contribution < -0.4 is 21.7 Å². The molecule has 0 aliphatic rings. The summed E-state index contributed by atoms with van der Waals surface area (Å²) in [5.41, 5.74) is 6.58. The van der Waals surface area contributed by atoms with Crippen molar-refractivity contribution in [1.82, 2.24) is 35.9 Å². The zero-order chi connectivity index (χ0) is 25.1. The van der Waals surface area contributed by atoms with E-state index in [-0.39, 0.29) is 25.7 Å². The topological polar surface area (TPSA) is 245 Å². The number of carbonyl (C=O) groups is 5. The number of H-pyrrole nitrogens is 2. The van der Waals surface area contributed by atoms with E-state index in [0.717, 1.165) is 0 Å². The van der Waals surface area contributed by atoms with Gasteiger partial charge in [-0.3, -0.25) is 19.2 Å². The SMILES string of the molecule is NC(CCC(=O)O)C(=O)NCC(=O)NC(Cc1cnc[nH]1)C(=O)NC(Cc1cnc[nH]1)C(=O)O. The molecule has 15 heteroatoms. The van der Waals surface area contributed by atoms with Gasteiger partial charge in [-0.25, -0.2) is 14.8 Å². The number of aliphatic carboxylic acids is 2. The summed E-state index contributed by atoms with van der Waals surface area (Å²) in [5.74, 6) is -4.62. The molecule has 2 aromatic rings. The minimum atomic E-state index is -1.29. The average molecular weight is 478 g/mol. The van der Waals surface area contributed by atoms with Crippen molar-refractivity contribution in [3.05, 3.63) is 36.4 Å². The molecular weight excluding hydrogens is 452 g/mol. The summed E-state index contributed by atoms with van der Waals surface area (Å²) in [6.07, 6.45) is 5.11. The second kappa shape index (κ2) is 12.7. The highest BCUT2D eigenvalue weighted by atomic mass is 16.4. The minimum absolute atomic E-state index is 0.0277. The Morgan fingerprint density at radius 2 is 1.50 bits per heavy atom. The van der Waals surface area contributed by atoms with Crippen LogP contribution in [-0.4, -0.2) is 84.5 Å². The molecule has 2 rings (SSSR count). The van der Waals surface area contributed by atoms with Gasteiger partial charge in [0.15, 0.2) is 0 Å². The number of imidazole rings is 2. The van der Waals surface area contributed by atoms with Crippen LogP contribution in [0.2, 0.25) is 0 Å². The zero-order valence-corrected chi connectivity index (χ0v) is 18.0. The predicted molar refractivity (Wildman–Crippen MR) is 114 cm³/mol. The lowest BCUT2D eigenvalue weighted by Gasteiger charge is -2.21. The Bertz CT molecular complexity index is 977. The fourth-order valence-electron chi connectivity index (χ4n) is 2.87. The first kappa shape index (κ1) is 26.0. The van der Waals surface area contributed by atoms with Gasteiger partial charge in [0, 0.05) is 43.0 Å². The van der Waals surface area contributed by atoms with Crippen LogP contribution in [0.25, 0.3) is 0 Å². The van der Waals surface area contributed by atoms with Gasteiger partial charge >= 0.3 is 11.9 Å². The van der Waals surface area contributed by atoms with E-state index in [1.165, 1.54) is 25.0 Å². The maximum atomic E-state index is 12.8. The second-order valence-electron chi connectivity index (χ2n) is 7.34. The van der Waals surface area contributed by atoms with E-state index in [1.54, 1.807) is 0 Å². The lowest BCUT2D eigenvalue weighted by molar-refractivity contribution is -0.142. The van der Waals surface area contributed by atoms with Gasteiger partial charge in [0.2, 0.25) is 17.7 Å². The van der Waals surface area contributed by atoms with Crippen molar-refractivity contribution in [1.29, 1.82) is 0 Å². The summed E-state index contributed by atoms with van der Waals surface area (Å²) >= 11 is 0. The van der Waals surface area contributed by atoms with Gasteiger partial charge in [0.1, 0.15) is 12.1 Å². The predicted octanol–water partition coefficient (Wildman–Crippen LogP) is -2.72. The van der Waals surface area contributed by atoms with Gasteiger partial charge in [0.05, 0.1) is 25.2 Å². The first-order valence-electron chi connectivity index (χ1n) is 10.2. The van der Waals surface area contributed by atoms with Crippen LogP contribution >= 0.6 is 0 Å². The maximum Gasteiger partial charge on any atom is 0.326 e. The average Bonchev–Trinajstić information content (AvgIpc) is 3.49. The Morgan fingerprint density at radius 3 is 2.00 bits per heavy atom. The van der Waals surface area contributed by atoms with E-state index in [1.807, 2.05) is 0 Å².